The maximum Gasteiger partial charge on any atom is 0.320 e. The van der Waals surface area contributed by atoms with E-state index in [1.807, 2.05) is 35.2 Å². The van der Waals surface area contributed by atoms with Crippen LogP contribution in [0.4, 0.5) is 0 Å². The molecule has 0 unspecified atom stereocenters. The molecule has 2 heterocycles. The largest absolute Gasteiger partial charge is 0.468 e. The first-order valence-electron chi connectivity index (χ1n) is 8.09. The third-order valence-electron chi connectivity index (χ3n) is 4.45. The summed E-state index contributed by atoms with van der Waals surface area (Å²) in [6.07, 6.45) is 0.818. The second kappa shape index (κ2) is 7.33. The van der Waals surface area contributed by atoms with E-state index in [9.17, 15) is 14.4 Å². The minimum atomic E-state index is -1.02. The minimum Gasteiger partial charge on any atom is -0.468 e. The number of amides is 2. The van der Waals surface area contributed by atoms with E-state index in [0.717, 1.165) is 12.0 Å². The van der Waals surface area contributed by atoms with Crippen LogP contribution in [0.3, 0.4) is 0 Å². The van der Waals surface area contributed by atoms with Crippen molar-refractivity contribution >= 4 is 24.2 Å². The summed E-state index contributed by atoms with van der Waals surface area (Å²) in [5.74, 6) is -1.62. The minimum absolute atomic E-state index is 0.427. The molecule has 2 aliphatic heterocycles. The maximum absolute atomic E-state index is 12.6. The predicted molar refractivity (Wildman–Crippen MR) is 89.5 cm³/mol. The molecule has 1 aromatic rings. The van der Waals surface area contributed by atoms with E-state index in [0.29, 0.717) is 32.1 Å². The van der Waals surface area contributed by atoms with Gasteiger partial charge in [-0.3, -0.25) is 19.7 Å². The van der Waals surface area contributed by atoms with E-state index in [1.165, 1.54) is 7.11 Å². The van der Waals surface area contributed by atoms with E-state index < -0.39 is 23.8 Å². The van der Waals surface area contributed by atoms with Crippen molar-refractivity contribution in [1.82, 2.24) is 15.1 Å². The molecule has 0 radical (unpaired) electrons. The van der Waals surface area contributed by atoms with Crippen molar-refractivity contribution in [2.45, 2.75) is 6.04 Å². The number of carbonyl (C=O) groups excluding carboxylic acids is 3. The highest BCUT2D eigenvalue weighted by Gasteiger charge is 2.41. The second-order valence-corrected chi connectivity index (χ2v) is 5.93. The van der Waals surface area contributed by atoms with Crippen LogP contribution in [-0.2, 0) is 19.1 Å². The number of methoxy groups -OCH3 is 1. The number of rotatable bonds is 3. The van der Waals surface area contributed by atoms with Crippen molar-refractivity contribution < 1.29 is 19.1 Å². The van der Waals surface area contributed by atoms with Gasteiger partial charge >= 0.3 is 5.97 Å². The number of piperazine rings is 1. The summed E-state index contributed by atoms with van der Waals surface area (Å²) in [6.45, 7) is 2.27. The molecule has 2 aliphatic rings. The number of benzene rings is 1. The molecular weight excluding hydrogens is 324 g/mol. The lowest BCUT2D eigenvalue weighted by atomic mass is 9.91. The third-order valence-corrected chi connectivity index (χ3v) is 4.45. The van der Waals surface area contributed by atoms with Crippen molar-refractivity contribution in [2.75, 3.05) is 33.3 Å². The van der Waals surface area contributed by atoms with Crippen molar-refractivity contribution in [2.24, 2.45) is 10.9 Å². The highest BCUT2D eigenvalue weighted by atomic mass is 16.5. The van der Waals surface area contributed by atoms with Crippen LogP contribution in [0.25, 0.3) is 0 Å². The molecule has 0 spiro atoms. The normalized spacial score (nSPS) is 23.6. The van der Waals surface area contributed by atoms with E-state index in [2.05, 4.69) is 10.3 Å². The van der Waals surface area contributed by atoms with Gasteiger partial charge in [0.05, 0.1) is 7.11 Å². The van der Waals surface area contributed by atoms with Crippen molar-refractivity contribution in [1.29, 1.82) is 0 Å². The van der Waals surface area contributed by atoms with Gasteiger partial charge in [-0.05, 0) is 5.56 Å². The van der Waals surface area contributed by atoms with E-state index in [-0.39, 0.29) is 0 Å². The van der Waals surface area contributed by atoms with Crippen molar-refractivity contribution in [3.05, 3.63) is 35.9 Å². The van der Waals surface area contributed by atoms with Gasteiger partial charge in [0.1, 0.15) is 6.04 Å². The van der Waals surface area contributed by atoms with Crippen molar-refractivity contribution in [3.8, 4) is 0 Å². The van der Waals surface area contributed by atoms with Crippen LogP contribution in [0.5, 0.6) is 0 Å². The zero-order chi connectivity index (χ0) is 17.8. The Morgan fingerprint density at radius 3 is 2.52 bits per heavy atom. The van der Waals surface area contributed by atoms with Crippen molar-refractivity contribution in [3.63, 3.8) is 0 Å². The Kier molecular flexibility index (Phi) is 4.97. The van der Waals surface area contributed by atoms with Gasteiger partial charge in [-0.1, -0.05) is 30.3 Å². The van der Waals surface area contributed by atoms with Gasteiger partial charge in [0.15, 0.2) is 5.92 Å². The van der Waals surface area contributed by atoms with Gasteiger partial charge in [-0.2, -0.15) is 0 Å². The number of nitrogens with zero attached hydrogens (tertiary/aromatic N) is 3. The second-order valence-electron chi connectivity index (χ2n) is 5.93. The number of guanidine groups is 1. The van der Waals surface area contributed by atoms with Gasteiger partial charge in [0.25, 0.3) is 0 Å². The molecule has 0 bridgehead atoms. The van der Waals surface area contributed by atoms with E-state index in [1.54, 1.807) is 4.90 Å². The molecule has 1 N–H and O–H groups in total. The molecule has 0 aromatic heterocycles. The molecule has 0 saturated carbocycles. The predicted octanol–water partition coefficient (Wildman–Crippen LogP) is -0.223. The smallest absolute Gasteiger partial charge is 0.320 e. The zero-order valence-corrected chi connectivity index (χ0v) is 13.9. The Bertz CT molecular complexity index is 683. The number of hydrogen-bond donors (Lipinski definition) is 1. The van der Waals surface area contributed by atoms with E-state index >= 15 is 0 Å². The summed E-state index contributed by atoms with van der Waals surface area (Å²) in [5.41, 5.74) is 0.775. The highest BCUT2D eigenvalue weighted by molar-refractivity contribution is 6.08. The molecular formula is C17H20N4O4. The molecule has 25 heavy (non-hydrogen) atoms. The van der Waals surface area contributed by atoms with E-state index in [4.69, 9.17) is 4.74 Å². The summed E-state index contributed by atoms with van der Waals surface area (Å²) in [6, 6.07) is 8.59. The van der Waals surface area contributed by atoms with Gasteiger partial charge < -0.3 is 14.5 Å². The average Bonchev–Trinajstić information content (AvgIpc) is 2.67. The lowest BCUT2D eigenvalue weighted by molar-refractivity contribution is -0.151. The van der Waals surface area contributed by atoms with Gasteiger partial charge in [0, 0.05) is 26.2 Å². The number of aliphatic imine (C=N–C) groups is 1. The molecule has 1 saturated heterocycles. The first-order valence-corrected chi connectivity index (χ1v) is 8.09. The Labute approximate surface area is 145 Å². The monoisotopic (exact) mass is 344 g/mol. The summed E-state index contributed by atoms with van der Waals surface area (Å²) in [4.78, 5) is 43.7. The average molecular weight is 344 g/mol. The summed E-state index contributed by atoms with van der Waals surface area (Å²) < 4.78 is 4.79. The zero-order valence-electron chi connectivity index (χ0n) is 13.9. The van der Waals surface area contributed by atoms with Crippen LogP contribution in [0.2, 0.25) is 0 Å². The number of esters is 1. The molecule has 2 amide bonds. The van der Waals surface area contributed by atoms with Crippen LogP contribution in [0, 0.1) is 5.92 Å². The number of hydrogen-bond acceptors (Lipinski definition) is 6. The topological polar surface area (TPSA) is 91.3 Å². The SMILES string of the molecule is COC(=O)[C@@H]1C(=O)NC(N2CCN(C=O)CC2)=N[C@H]1c1ccccc1. The molecule has 1 fully saturated rings. The first kappa shape index (κ1) is 16.9. The third kappa shape index (κ3) is 3.47. The lowest BCUT2D eigenvalue weighted by Gasteiger charge is -2.37. The van der Waals surface area contributed by atoms with Crippen LogP contribution >= 0.6 is 0 Å². The Hall–Kier alpha value is -2.90. The Morgan fingerprint density at radius 2 is 1.92 bits per heavy atom. The molecule has 0 aliphatic carbocycles. The lowest BCUT2D eigenvalue weighted by Crippen LogP contribution is -2.57. The van der Waals surface area contributed by atoms with Gasteiger partial charge in [-0.25, -0.2) is 4.99 Å². The fourth-order valence-corrected chi connectivity index (χ4v) is 3.05. The number of nitrogens with one attached hydrogen (secondary N) is 1. The Balaban J connectivity index is 1.90. The first-order chi connectivity index (χ1) is 12.1. The maximum atomic E-state index is 12.6. The van der Waals surface area contributed by atoms with Gasteiger partial charge in [-0.15, -0.1) is 0 Å². The van der Waals surface area contributed by atoms with Gasteiger partial charge in [0.2, 0.25) is 18.3 Å². The standard InChI is InChI=1S/C17H20N4O4/c1-25-16(24)13-14(12-5-3-2-4-6-12)18-17(19-15(13)23)21-9-7-20(11-22)8-10-21/h2-6,11,13-14H,7-10H2,1H3,(H,18,19,23)/t13-,14-/m0/s1. The fourth-order valence-electron chi connectivity index (χ4n) is 3.05. The number of ether oxygens (including phenoxy) is 1. The van der Waals surface area contributed by atoms with Crippen LogP contribution in [-0.4, -0.2) is 67.3 Å². The Morgan fingerprint density at radius 1 is 1.24 bits per heavy atom. The number of carbonyl (C=O) groups is 3. The molecule has 1 aromatic carbocycles. The molecule has 8 heteroatoms. The summed E-state index contributed by atoms with van der Waals surface area (Å²) >= 11 is 0. The highest BCUT2D eigenvalue weighted by Crippen LogP contribution is 2.30. The fraction of sp³-hybridized carbons (Fsp3) is 0.412. The van der Waals surface area contributed by atoms with Crippen LogP contribution < -0.4 is 5.32 Å². The molecule has 2 atom stereocenters. The van der Waals surface area contributed by atoms with Crippen LogP contribution in [0.1, 0.15) is 11.6 Å². The summed E-state index contributed by atoms with van der Waals surface area (Å²) in [5, 5.41) is 2.71. The molecule has 8 nitrogen and oxygen atoms in total. The molecule has 132 valence electrons. The molecule has 3 rings (SSSR count). The quantitative estimate of drug-likeness (QED) is 0.465. The summed E-state index contributed by atoms with van der Waals surface area (Å²) in [7, 11) is 1.26. The van der Waals surface area contributed by atoms with Crippen LogP contribution in [0.15, 0.2) is 35.3 Å².